The van der Waals surface area contributed by atoms with Crippen molar-refractivity contribution in [1.82, 2.24) is 9.88 Å². The highest BCUT2D eigenvalue weighted by Gasteiger charge is 2.26. The van der Waals surface area contributed by atoms with E-state index >= 15 is 0 Å². The number of rotatable bonds is 4. The van der Waals surface area contributed by atoms with E-state index in [-0.39, 0.29) is 6.17 Å². The molecule has 0 amide bonds. The molecule has 5 heteroatoms. The van der Waals surface area contributed by atoms with E-state index in [1.165, 1.54) is 32.3 Å². The molecule has 0 bridgehead atoms. The van der Waals surface area contributed by atoms with Gasteiger partial charge in [0.15, 0.2) is 5.84 Å². The third kappa shape index (κ3) is 4.74. The van der Waals surface area contributed by atoms with E-state index in [9.17, 15) is 0 Å². The van der Waals surface area contributed by atoms with Crippen LogP contribution in [-0.4, -0.2) is 16.2 Å². The second-order valence-electron chi connectivity index (χ2n) is 14.6. The van der Waals surface area contributed by atoms with Gasteiger partial charge >= 0.3 is 0 Å². The number of aliphatic imine (C=N–C) groups is 2. The maximum atomic E-state index is 6.89. The minimum Gasteiger partial charge on any atom is -0.456 e. The Morgan fingerprint density at radius 1 is 0.482 bits per heavy atom. The van der Waals surface area contributed by atoms with Gasteiger partial charge in [-0.05, 0) is 80.3 Å². The van der Waals surface area contributed by atoms with Crippen LogP contribution in [0, 0.1) is 0 Å². The molecule has 11 aromatic rings. The van der Waals surface area contributed by atoms with Crippen LogP contribution in [-0.2, 0) is 0 Å². The maximum absolute atomic E-state index is 6.89. The largest absolute Gasteiger partial charge is 0.456 e. The smallest absolute Gasteiger partial charge is 0.160 e. The summed E-state index contributed by atoms with van der Waals surface area (Å²) in [5, 5.41) is 15.1. The molecule has 1 N–H and O–H groups in total. The molecule has 0 spiro atoms. The standard InChI is InChI=1S/C51H32N4O/c1-3-13-31(14-4-1)49-52-50(32-15-5-2-6-16-32)54-51(53-49)48-39-22-12-11-21-37(39)29-46-47(48)40-24-23-38(30-45(40)56-46)55-43-27-35-19-9-7-17-33(35)25-41(43)42-26-34-18-8-10-20-36(34)28-44(42)55/h1-30,49H,(H,52,53,54). The summed E-state index contributed by atoms with van der Waals surface area (Å²) < 4.78 is 9.28. The molecule has 0 aliphatic carbocycles. The molecule has 0 radical (unpaired) electrons. The molecule has 2 aromatic heterocycles. The average molecular weight is 717 g/mol. The van der Waals surface area contributed by atoms with Gasteiger partial charge in [0.25, 0.3) is 0 Å². The lowest BCUT2D eigenvalue weighted by atomic mass is 9.97. The fourth-order valence-corrected chi connectivity index (χ4v) is 8.74. The second kappa shape index (κ2) is 12.0. The number of furan rings is 1. The van der Waals surface area contributed by atoms with Crippen molar-refractivity contribution in [3.05, 3.63) is 199 Å². The summed E-state index contributed by atoms with van der Waals surface area (Å²) in [5.41, 5.74) is 8.02. The molecule has 1 unspecified atom stereocenters. The zero-order chi connectivity index (χ0) is 36.7. The van der Waals surface area contributed by atoms with Gasteiger partial charge in [0, 0.05) is 44.4 Å². The molecule has 1 aliphatic rings. The third-order valence-corrected chi connectivity index (χ3v) is 11.4. The van der Waals surface area contributed by atoms with E-state index in [4.69, 9.17) is 14.4 Å². The van der Waals surface area contributed by atoms with Crippen molar-refractivity contribution in [3.63, 3.8) is 0 Å². The summed E-state index contributed by atoms with van der Waals surface area (Å²) >= 11 is 0. The van der Waals surface area contributed by atoms with Crippen LogP contribution in [0.5, 0.6) is 0 Å². The van der Waals surface area contributed by atoms with E-state index in [1.807, 2.05) is 24.3 Å². The number of amidine groups is 2. The Labute approximate surface area is 321 Å². The summed E-state index contributed by atoms with van der Waals surface area (Å²) in [6.07, 6.45) is -0.319. The molecular weight excluding hydrogens is 685 g/mol. The predicted molar refractivity (Wildman–Crippen MR) is 232 cm³/mol. The highest BCUT2D eigenvalue weighted by atomic mass is 16.3. The molecule has 1 aliphatic heterocycles. The molecule has 9 aromatic carbocycles. The van der Waals surface area contributed by atoms with Crippen molar-refractivity contribution in [1.29, 1.82) is 0 Å². The lowest BCUT2D eigenvalue weighted by Gasteiger charge is -2.24. The normalized spacial score (nSPS) is 14.6. The first-order valence-corrected chi connectivity index (χ1v) is 19.0. The van der Waals surface area contributed by atoms with Crippen molar-refractivity contribution in [3.8, 4) is 5.69 Å². The Bertz CT molecular complexity index is 3350. The van der Waals surface area contributed by atoms with Crippen LogP contribution in [0.2, 0.25) is 0 Å². The summed E-state index contributed by atoms with van der Waals surface area (Å²) in [5.74, 6) is 1.46. The first-order chi connectivity index (χ1) is 27.7. The molecule has 12 rings (SSSR count). The van der Waals surface area contributed by atoms with Gasteiger partial charge in [-0.3, -0.25) is 0 Å². The Morgan fingerprint density at radius 2 is 1.07 bits per heavy atom. The highest BCUT2D eigenvalue weighted by molar-refractivity contribution is 6.28. The number of aromatic nitrogens is 1. The summed E-state index contributed by atoms with van der Waals surface area (Å²) in [4.78, 5) is 10.6. The van der Waals surface area contributed by atoms with Crippen LogP contribution in [0.3, 0.4) is 0 Å². The van der Waals surface area contributed by atoms with Crippen LogP contribution in [0.15, 0.2) is 196 Å². The first kappa shape index (κ1) is 30.9. The molecular formula is C51H32N4O. The first-order valence-electron chi connectivity index (χ1n) is 19.0. The third-order valence-electron chi connectivity index (χ3n) is 11.4. The van der Waals surface area contributed by atoms with Gasteiger partial charge in [-0.15, -0.1) is 0 Å². The summed E-state index contributed by atoms with van der Waals surface area (Å²) in [6, 6.07) is 64.5. The Hall–Kier alpha value is -7.50. The summed E-state index contributed by atoms with van der Waals surface area (Å²) in [7, 11) is 0. The molecule has 0 saturated carbocycles. The van der Waals surface area contributed by atoms with Gasteiger partial charge in [-0.25, -0.2) is 9.98 Å². The fraction of sp³-hybridized carbons (Fsp3) is 0.0196. The minimum absolute atomic E-state index is 0.319. The van der Waals surface area contributed by atoms with Crippen LogP contribution < -0.4 is 5.32 Å². The van der Waals surface area contributed by atoms with Crippen molar-refractivity contribution in [2.24, 2.45) is 9.98 Å². The van der Waals surface area contributed by atoms with Crippen molar-refractivity contribution < 1.29 is 4.42 Å². The van der Waals surface area contributed by atoms with E-state index in [1.54, 1.807) is 0 Å². The van der Waals surface area contributed by atoms with Gasteiger partial charge in [0.05, 0.1) is 11.0 Å². The molecule has 5 nitrogen and oxygen atoms in total. The molecule has 1 atom stereocenters. The van der Waals surface area contributed by atoms with Crippen LogP contribution >= 0.6 is 0 Å². The Morgan fingerprint density at radius 3 is 1.75 bits per heavy atom. The van der Waals surface area contributed by atoms with Crippen LogP contribution in [0.4, 0.5) is 0 Å². The van der Waals surface area contributed by atoms with Crippen molar-refractivity contribution >= 4 is 87.7 Å². The molecule has 3 heterocycles. The van der Waals surface area contributed by atoms with E-state index in [2.05, 4.69) is 168 Å². The van der Waals surface area contributed by atoms with Gasteiger partial charge in [-0.1, -0.05) is 133 Å². The lowest BCUT2D eigenvalue weighted by molar-refractivity contribution is 0.668. The zero-order valence-corrected chi connectivity index (χ0v) is 30.1. The number of nitrogens with zero attached hydrogens (tertiary/aromatic N) is 3. The highest BCUT2D eigenvalue weighted by Crippen LogP contribution is 2.41. The Kier molecular flexibility index (Phi) is 6.63. The number of fused-ring (bicyclic) bond motifs is 9. The molecule has 56 heavy (non-hydrogen) atoms. The Balaban J connectivity index is 1.12. The molecule has 262 valence electrons. The monoisotopic (exact) mass is 716 g/mol. The quantitative estimate of drug-likeness (QED) is 0.197. The fourth-order valence-electron chi connectivity index (χ4n) is 8.74. The minimum atomic E-state index is -0.319. The number of hydrogen-bond acceptors (Lipinski definition) is 4. The van der Waals surface area contributed by atoms with Gasteiger partial charge in [0.1, 0.15) is 23.2 Å². The molecule has 0 saturated heterocycles. The predicted octanol–water partition coefficient (Wildman–Crippen LogP) is 12.6. The van der Waals surface area contributed by atoms with Gasteiger partial charge < -0.3 is 14.3 Å². The van der Waals surface area contributed by atoms with Gasteiger partial charge in [-0.2, -0.15) is 0 Å². The number of nitrogens with one attached hydrogen (secondary N) is 1. The second-order valence-corrected chi connectivity index (χ2v) is 14.6. The van der Waals surface area contributed by atoms with E-state index < -0.39 is 0 Å². The lowest BCUT2D eigenvalue weighted by Crippen LogP contribution is -2.33. The average Bonchev–Trinajstić information content (AvgIpc) is 3.77. The number of benzene rings is 9. The topological polar surface area (TPSA) is 54.8 Å². The maximum Gasteiger partial charge on any atom is 0.160 e. The van der Waals surface area contributed by atoms with Crippen molar-refractivity contribution in [2.45, 2.75) is 6.17 Å². The van der Waals surface area contributed by atoms with Crippen molar-refractivity contribution in [2.75, 3.05) is 0 Å². The van der Waals surface area contributed by atoms with Crippen LogP contribution in [0.1, 0.15) is 22.9 Å². The van der Waals surface area contributed by atoms with E-state index in [0.717, 1.165) is 72.0 Å². The zero-order valence-electron chi connectivity index (χ0n) is 30.1. The van der Waals surface area contributed by atoms with E-state index in [0.29, 0.717) is 5.84 Å². The van der Waals surface area contributed by atoms with Crippen LogP contribution in [0.25, 0.3) is 81.7 Å². The number of hydrogen-bond donors (Lipinski definition) is 1. The van der Waals surface area contributed by atoms with Gasteiger partial charge in [0.2, 0.25) is 0 Å². The SMILES string of the molecule is c1ccc(C2=NC(c3c4ccccc4cc4oc5cc(-n6c7cc8ccccc8cc7c7cc8ccccc8cc76)ccc5c34)=NC(c3ccccc3)N2)cc1. The summed E-state index contributed by atoms with van der Waals surface area (Å²) in [6.45, 7) is 0. The molecule has 0 fully saturated rings.